The average Bonchev–Trinajstić information content (AvgIpc) is 1.91. The number of nitrogens with one attached hydrogen (secondary N) is 1. The fourth-order valence-electron chi connectivity index (χ4n) is 0.952. The van der Waals surface area contributed by atoms with Crippen LogP contribution in [0.3, 0.4) is 0 Å². The van der Waals surface area contributed by atoms with E-state index in [4.69, 9.17) is 0 Å². The highest BCUT2D eigenvalue weighted by atomic mass is 19.4. The molecule has 1 radical (unpaired) electrons. The van der Waals surface area contributed by atoms with Crippen LogP contribution < -0.4 is 5.32 Å². The molecule has 0 aromatic heterocycles. The quantitative estimate of drug-likeness (QED) is 0.642. The van der Waals surface area contributed by atoms with Gasteiger partial charge < -0.3 is 5.32 Å². The molecular formula is C6H10F3N2O. The Morgan fingerprint density at radius 1 is 1.58 bits per heavy atom. The Morgan fingerprint density at radius 2 is 2.25 bits per heavy atom. The van der Waals surface area contributed by atoms with Crippen molar-refractivity contribution in [3.63, 3.8) is 0 Å². The van der Waals surface area contributed by atoms with Crippen molar-refractivity contribution >= 4 is 0 Å². The summed E-state index contributed by atoms with van der Waals surface area (Å²) in [7, 11) is 1.58. The molecule has 1 aliphatic heterocycles. The van der Waals surface area contributed by atoms with Crippen LogP contribution in [0.1, 0.15) is 0 Å². The first-order valence-corrected chi connectivity index (χ1v) is 3.49. The Morgan fingerprint density at radius 3 is 2.75 bits per heavy atom. The maximum absolute atomic E-state index is 11.7. The van der Waals surface area contributed by atoms with Gasteiger partial charge in [0.1, 0.15) is 6.23 Å². The highest BCUT2D eigenvalue weighted by molar-refractivity contribution is 4.78. The van der Waals surface area contributed by atoms with E-state index in [2.05, 4.69) is 10.1 Å². The molecule has 0 aromatic rings. The second-order valence-corrected chi connectivity index (χ2v) is 2.57. The van der Waals surface area contributed by atoms with E-state index >= 15 is 0 Å². The number of halogens is 3. The Balaban J connectivity index is 2.39. The second-order valence-electron chi connectivity index (χ2n) is 2.57. The maximum Gasteiger partial charge on any atom is 0.524 e. The minimum atomic E-state index is -4.56. The molecule has 0 saturated carbocycles. The van der Waals surface area contributed by atoms with Crippen LogP contribution in [0.25, 0.3) is 0 Å². The Kier molecular flexibility index (Phi) is 2.92. The summed E-state index contributed by atoms with van der Waals surface area (Å²) in [4.78, 5) is 1.48. The molecule has 0 spiro atoms. The van der Waals surface area contributed by atoms with Crippen LogP contribution in [0.4, 0.5) is 13.2 Å². The second kappa shape index (κ2) is 3.59. The summed E-state index contributed by atoms with van der Waals surface area (Å²) in [5.74, 6) is 0. The normalized spacial score (nSPS) is 27.5. The Hall–Kier alpha value is -0.330. The molecular weight excluding hydrogens is 173 g/mol. The molecule has 6 heteroatoms. The minimum absolute atomic E-state index is 0.163. The molecule has 0 aromatic carbocycles. The van der Waals surface area contributed by atoms with Crippen molar-refractivity contribution in [2.75, 3.05) is 20.1 Å². The van der Waals surface area contributed by atoms with E-state index in [1.165, 1.54) is 4.90 Å². The Bertz CT molecular complexity index is 150. The van der Waals surface area contributed by atoms with Crippen molar-refractivity contribution in [3.8, 4) is 0 Å². The zero-order chi connectivity index (χ0) is 9.19. The summed E-state index contributed by atoms with van der Waals surface area (Å²) in [5.41, 5.74) is 0. The van der Waals surface area contributed by atoms with Gasteiger partial charge in [0.05, 0.1) is 0 Å². The van der Waals surface area contributed by atoms with Gasteiger partial charge in [-0.2, -0.15) is 0 Å². The lowest BCUT2D eigenvalue weighted by atomic mass is 10.3. The van der Waals surface area contributed by atoms with Gasteiger partial charge >= 0.3 is 6.36 Å². The molecule has 1 aliphatic rings. The van der Waals surface area contributed by atoms with Crippen molar-refractivity contribution in [2.45, 2.75) is 12.6 Å². The van der Waals surface area contributed by atoms with Crippen LogP contribution in [-0.2, 0) is 4.74 Å². The highest BCUT2D eigenvalue weighted by Gasteiger charge is 2.35. The number of alkyl halides is 3. The number of likely N-dealkylation sites (N-methyl/N-ethyl adjacent to an activating group) is 1. The van der Waals surface area contributed by atoms with Crippen LogP contribution in [0.5, 0.6) is 0 Å². The molecule has 0 amide bonds. The summed E-state index contributed by atoms with van der Waals surface area (Å²) in [6.07, 6.45) is -5.48. The molecule has 0 bridgehead atoms. The third-order valence-corrected chi connectivity index (χ3v) is 1.58. The molecule has 71 valence electrons. The van der Waals surface area contributed by atoms with E-state index in [9.17, 15) is 13.2 Å². The lowest BCUT2D eigenvalue weighted by Crippen LogP contribution is -2.50. The van der Waals surface area contributed by atoms with Crippen molar-refractivity contribution in [1.82, 2.24) is 10.2 Å². The predicted molar refractivity (Wildman–Crippen MR) is 35.9 cm³/mol. The monoisotopic (exact) mass is 183 g/mol. The smallest absolute Gasteiger partial charge is 0.307 e. The maximum atomic E-state index is 11.7. The van der Waals surface area contributed by atoms with Crippen molar-refractivity contribution in [2.24, 2.45) is 0 Å². The molecule has 1 atom stereocenters. The van der Waals surface area contributed by atoms with E-state index in [1.54, 1.807) is 13.6 Å². The van der Waals surface area contributed by atoms with E-state index < -0.39 is 12.6 Å². The van der Waals surface area contributed by atoms with Gasteiger partial charge in [0.2, 0.25) is 0 Å². The van der Waals surface area contributed by atoms with E-state index in [0.717, 1.165) is 0 Å². The van der Waals surface area contributed by atoms with Gasteiger partial charge in [0, 0.05) is 19.6 Å². The zero-order valence-corrected chi connectivity index (χ0v) is 6.56. The first-order chi connectivity index (χ1) is 5.49. The molecule has 0 aliphatic carbocycles. The molecule has 1 rings (SSSR count). The van der Waals surface area contributed by atoms with E-state index in [0.29, 0.717) is 6.54 Å². The number of hydrogen-bond donors (Lipinski definition) is 1. The third-order valence-electron chi connectivity index (χ3n) is 1.58. The molecule has 1 N–H and O–H groups in total. The number of hydrogen-bond acceptors (Lipinski definition) is 3. The van der Waals surface area contributed by atoms with Crippen molar-refractivity contribution in [1.29, 1.82) is 0 Å². The average molecular weight is 183 g/mol. The lowest BCUT2D eigenvalue weighted by Gasteiger charge is -2.32. The standard InChI is InChI=1S/C6H10F3N2O/c1-11-3-2-10-4-5(11)12-6(7,8)9/h2,5,10H,3-4H2,1H3. The molecule has 1 heterocycles. The summed E-state index contributed by atoms with van der Waals surface area (Å²) in [6, 6.07) is 0. The van der Waals surface area contributed by atoms with Crippen LogP contribution in [0.15, 0.2) is 0 Å². The van der Waals surface area contributed by atoms with Crippen LogP contribution >= 0.6 is 0 Å². The first-order valence-electron chi connectivity index (χ1n) is 3.49. The summed E-state index contributed by atoms with van der Waals surface area (Å²) in [5, 5.41) is 2.70. The van der Waals surface area contributed by atoms with Gasteiger partial charge in [-0.25, -0.2) is 0 Å². The van der Waals surface area contributed by atoms with Crippen LogP contribution in [0.2, 0.25) is 0 Å². The van der Waals surface area contributed by atoms with Crippen LogP contribution in [-0.4, -0.2) is 37.6 Å². The van der Waals surface area contributed by atoms with Crippen molar-refractivity contribution in [3.05, 3.63) is 6.54 Å². The Labute approximate surface area is 68.5 Å². The zero-order valence-electron chi connectivity index (χ0n) is 6.56. The van der Waals surface area contributed by atoms with Gasteiger partial charge in [-0.3, -0.25) is 9.64 Å². The van der Waals surface area contributed by atoms with Gasteiger partial charge in [0.15, 0.2) is 0 Å². The number of nitrogens with zero attached hydrogens (tertiary/aromatic N) is 1. The molecule has 3 nitrogen and oxygen atoms in total. The minimum Gasteiger partial charge on any atom is -0.307 e. The summed E-state index contributed by atoms with van der Waals surface area (Å²) >= 11 is 0. The van der Waals surface area contributed by atoms with Gasteiger partial charge in [0.25, 0.3) is 0 Å². The van der Waals surface area contributed by atoms with Gasteiger partial charge in [-0.1, -0.05) is 0 Å². The predicted octanol–water partition coefficient (Wildman–Crippen LogP) is 0.546. The highest BCUT2D eigenvalue weighted by Crippen LogP contribution is 2.20. The molecule has 1 unspecified atom stereocenters. The lowest BCUT2D eigenvalue weighted by molar-refractivity contribution is -0.358. The van der Waals surface area contributed by atoms with E-state index in [-0.39, 0.29) is 6.54 Å². The fraction of sp³-hybridized carbons (Fsp3) is 0.833. The van der Waals surface area contributed by atoms with Gasteiger partial charge in [-0.15, -0.1) is 13.2 Å². The molecule has 1 saturated heterocycles. The SMILES string of the molecule is CN1C[CH]NCC1OC(F)(F)F. The van der Waals surface area contributed by atoms with Gasteiger partial charge in [-0.05, 0) is 7.05 Å². The third kappa shape index (κ3) is 2.96. The number of piperazine rings is 1. The fourth-order valence-corrected chi connectivity index (χ4v) is 0.952. The van der Waals surface area contributed by atoms with E-state index in [1.807, 2.05) is 0 Å². The van der Waals surface area contributed by atoms with Crippen LogP contribution in [0, 0.1) is 6.54 Å². The molecule has 1 fully saturated rings. The topological polar surface area (TPSA) is 24.5 Å². The summed E-state index contributed by atoms with van der Waals surface area (Å²) in [6.45, 7) is 2.30. The van der Waals surface area contributed by atoms with Crippen molar-refractivity contribution < 1.29 is 17.9 Å². The number of ether oxygens (including phenoxy) is 1. The first kappa shape index (κ1) is 9.76. The largest absolute Gasteiger partial charge is 0.524 e. The number of rotatable bonds is 1. The summed E-state index contributed by atoms with van der Waals surface area (Å²) < 4.78 is 39.0. The molecule has 12 heavy (non-hydrogen) atoms.